The number of rotatable bonds is 13. The van der Waals surface area contributed by atoms with Crippen LogP contribution in [-0.4, -0.2) is 267 Å². The Morgan fingerprint density at radius 1 is 0.581 bits per heavy atom. The average Bonchev–Trinajstić information content (AvgIpc) is 1.74. The zero-order valence-corrected chi connectivity index (χ0v) is 64.6. The van der Waals surface area contributed by atoms with Gasteiger partial charge in [0.25, 0.3) is 0 Å². The van der Waals surface area contributed by atoms with Gasteiger partial charge in [0.1, 0.15) is 59.9 Å². The summed E-state index contributed by atoms with van der Waals surface area (Å²) in [5.41, 5.74) is -1.61. The molecule has 0 aromatic rings. The first-order valence-corrected chi connectivity index (χ1v) is 38.9. The highest BCUT2D eigenvalue weighted by Gasteiger charge is 2.53. The predicted octanol–water partition coefficient (Wildman–Crippen LogP) is 7.27. The van der Waals surface area contributed by atoms with Crippen LogP contribution in [0.1, 0.15) is 203 Å². The van der Waals surface area contributed by atoms with E-state index in [1.54, 1.807) is 32.6 Å². The Kier molecular flexibility index (Phi) is 29.9. The van der Waals surface area contributed by atoms with Crippen molar-refractivity contribution in [2.45, 2.75) is 281 Å². The molecule has 0 radical (unpaired) electrons. The van der Waals surface area contributed by atoms with Crippen molar-refractivity contribution in [3.8, 4) is 0 Å². The van der Waals surface area contributed by atoms with E-state index in [9.17, 15) is 55.1 Å². The molecule has 105 heavy (non-hydrogen) atoms. The predicted molar refractivity (Wildman–Crippen MR) is 379 cm³/mol. The molecule has 594 valence electrons. The van der Waals surface area contributed by atoms with E-state index in [0.29, 0.717) is 58.0 Å². The van der Waals surface area contributed by atoms with Crippen LogP contribution in [-0.2, 0) is 57.5 Å². The van der Waals surface area contributed by atoms with Crippen molar-refractivity contribution in [3.05, 3.63) is 0 Å². The number of likely N-dealkylation sites (tertiary alicyclic amines) is 1. The SMILES string of the molecule is CC[C@H](C)[C@@H]1NC(=O)[C@H](CC(C)C)N(C)C(=O)C[C@@H](C(=O)N2CCCC2)N(C)C(=O)[C@H]([C@@H](C)CC)N(C)C(=O)C2(CCCC2)NC(=O)[C@@H]2CCCN2C(=O)[C@H](CCC2CCC(C(F)(F)F)C(Cl)C2)NC(=O)CN(CC)C(=O)[C@H](CC2CCC(C(F)(F)F)CC2)N(C)C(=O)[C@@H]2CCN2C(=O)[C@H](C)N(C)C1=O. The van der Waals surface area contributed by atoms with Crippen LogP contribution < -0.4 is 16.0 Å². The van der Waals surface area contributed by atoms with Gasteiger partial charge < -0.3 is 60.0 Å². The van der Waals surface area contributed by atoms with Crippen LogP contribution in [0.5, 0.6) is 0 Å². The number of carbonyl (C=O) groups is 12. The van der Waals surface area contributed by atoms with E-state index < -0.39 is 197 Å². The highest BCUT2D eigenvalue weighted by molar-refractivity contribution is 6.21. The van der Waals surface area contributed by atoms with Gasteiger partial charge >= 0.3 is 12.4 Å². The number of halogens is 7. The van der Waals surface area contributed by atoms with Gasteiger partial charge in [-0.3, -0.25) is 57.5 Å². The van der Waals surface area contributed by atoms with E-state index in [0.717, 1.165) is 14.7 Å². The van der Waals surface area contributed by atoms with Gasteiger partial charge in [0.2, 0.25) is 70.9 Å². The molecule has 1 spiro atoms. The summed E-state index contributed by atoms with van der Waals surface area (Å²) in [6, 6.07) is -11.7. The van der Waals surface area contributed by atoms with E-state index in [-0.39, 0.29) is 122 Å². The van der Waals surface area contributed by atoms with Gasteiger partial charge in [-0.1, -0.05) is 67.2 Å². The Balaban J connectivity index is 1.30. The number of nitrogens with zero attached hydrogens (tertiary/aromatic N) is 9. The lowest BCUT2D eigenvalue weighted by Crippen LogP contribution is -2.65. The number of hydrogen-bond acceptors (Lipinski definition) is 12. The molecule has 31 heteroatoms. The van der Waals surface area contributed by atoms with Crippen LogP contribution in [0.4, 0.5) is 26.3 Å². The molecule has 3 aliphatic carbocycles. The normalized spacial score (nSPS) is 31.6. The van der Waals surface area contributed by atoms with Crippen molar-refractivity contribution in [1.29, 1.82) is 0 Å². The summed E-state index contributed by atoms with van der Waals surface area (Å²) in [7, 11) is 6.98. The fourth-order valence-corrected chi connectivity index (χ4v) is 17.4. The Bertz CT molecular complexity index is 3110. The van der Waals surface area contributed by atoms with E-state index in [4.69, 9.17) is 11.6 Å². The van der Waals surface area contributed by atoms with Gasteiger partial charge in [0, 0.05) is 73.3 Å². The molecule has 7 rings (SSSR count). The number of nitrogens with one attached hydrogen (secondary N) is 3. The minimum atomic E-state index is -4.55. The second kappa shape index (κ2) is 36.6. The van der Waals surface area contributed by atoms with Crippen molar-refractivity contribution in [1.82, 2.24) is 60.0 Å². The van der Waals surface area contributed by atoms with Crippen molar-refractivity contribution >= 4 is 82.5 Å². The summed E-state index contributed by atoms with van der Waals surface area (Å²) in [6.45, 7) is 13.7. The van der Waals surface area contributed by atoms with Crippen LogP contribution in [0.25, 0.3) is 0 Å². The highest BCUT2D eigenvalue weighted by atomic mass is 35.5. The summed E-state index contributed by atoms with van der Waals surface area (Å²) in [5.74, 6) is -14.0. The summed E-state index contributed by atoms with van der Waals surface area (Å²) >= 11 is 6.40. The maximum Gasteiger partial charge on any atom is 0.393 e. The molecule has 0 aromatic heterocycles. The maximum atomic E-state index is 15.6. The summed E-state index contributed by atoms with van der Waals surface area (Å²) < 4.78 is 84.3. The van der Waals surface area contributed by atoms with Crippen LogP contribution in [0, 0.1) is 41.4 Å². The van der Waals surface area contributed by atoms with Gasteiger partial charge in [-0.05, 0) is 159 Å². The number of alkyl halides is 7. The van der Waals surface area contributed by atoms with Crippen LogP contribution in [0.3, 0.4) is 0 Å². The van der Waals surface area contributed by atoms with Crippen molar-refractivity contribution < 1.29 is 83.9 Å². The zero-order chi connectivity index (χ0) is 78.1. The molecular weight excluding hydrogens is 1400 g/mol. The number of hydrogen-bond donors (Lipinski definition) is 3. The summed E-state index contributed by atoms with van der Waals surface area (Å²) in [5, 5.41) is 7.44. The molecule has 12 amide bonds. The Morgan fingerprint density at radius 2 is 1.19 bits per heavy atom. The quantitative estimate of drug-likeness (QED) is 0.121. The molecular formula is C74H117ClF6N12O12. The Hall–Kier alpha value is -6.49. The summed E-state index contributed by atoms with van der Waals surface area (Å²) in [4.78, 5) is 192. The fourth-order valence-electron chi connectivity index (χ4n) is 16.9. The van der Waals surface area contributed by atoms with Gasteiger partial charge in [-0.15, -0.1) is 11.6 Å². The molecule has 3 unspecified atom stereocenters. The Morgan fingerprint density at radius 3 is 1.74 bits per heavy atom. The first kappa shape index (κ1) is 85.8. The van der Waals surface area contributed by atoms with E-state index >= 15 is 28.8 Å². The second-order valence-corrected chi connectivity index (χ2v) is 32.3. The number of carbonyl (C=O) groups excluding carboxylic acids is 12. The topological polar surface area (TPSA) is 270 Å². The lowest BCUT2D eigenvalue weighted by molar-refractivity contribution is -0.184. The molecule has 4 saturated heterocycles. The molecule has 0 aromatic carbocycles. The Labute approximate surface area is 620 Å². The first-order chi connectivity index (χ1) is 49.2. The number of likely N-dealkylation sites (N-methyl/N-ethyl adjacent to an activating group) is 6. The molecule has 14 atom stereocenters. The monoisotopic (exact) mass is 1510 g/mol. The van der Waals surface area contributed by atoms with Gasteiger partial charge in [0.15, 0.2) is 0 Å². The molecule has 3 saturated carbocycles. The van der Waals surface area contributed by atoms with Gasteiger partial charge in [0.05, 0.1) is 24.8 Å². The fraction of sp³-hybridized carbons (Fsp3) is 0.838. The maximum absolute atomic E-state index is 15.6. The van der Waals surface area contributed by atoms with E-state index in [1.165, 1.54) is 66.7 Å². The number of fused-ring (bicyclic) bond motifs is 2. The smallest absolute Gasteiger partial charge is 0.343 e. The largest absolute Gasteiger partial charge is 0.393 e. The standard InChI is InChI=1S/C74H117ClF6N12O12/c1-14-44(6)60-69(103)85(9)46(8)64(98)93-37-31-54(93)66(100)87(11)56(40-48-23-27-49(28-24-48)73(76,77)78)67(101)90(16-3)42-58(94)82-52(30-26-47-25-29-50(51(75)39-47)74(79,80)81)65(99)92-36-21-22-53(92)63(97)84-72(32-17-18-33-72)71(105)89(13)61(45(7)15-2)70(104)88(12)57(68(102)91-34-19-20-35-91)41-59(95)86(10)55(38-43(4)5)62(96)83-60/h43-57,60-61H,14-42H2,1-13H3,(H,82,94)(H,83,96)(H,84,97)/t44-,45-,46-,47?,48?,49?,50?,51?,52-,53-,54-,55-,56-,57-,60-,61-/m0/s1. The zero-order valence-electron chi connectivity index (χ0n) is 63.9. The van der Waals surface area contributed by atoms with Gasteiger partial charge in [-0.25, -0.2) is 0 Å². The lowest BCUT2D eigenvalue weighted by Gasteiger charge is -2.45. The van der Waals surface area contributed by atoms with Crippen molar-refractivity contribution in [3.63, 3.8) is 0 Å². The number of amides is 12. The molecule has 24 nitrogen and oxygen atoms in total. The molecule has 7 aliphatic rings. The minimum absolute atomic E-state index is 0.00561. The van der Waals surface area contributed by atoms with Crippen LogP contribution >= 0.6 is 11.6 Å². The molecule has 3 N–H and O–H groups in total. The van der Waals surface area contributed by atoms with Crippen LogP contribution in [0.15, 0.2) is 0 Å². The van der Waals surface area contributed by atoms with E-state index in [2.05, 4.69) is 16.0 Å². The van der Waals surface area contributed by atoms with Crippen molar-refractivity contribution in [2.24, 2.45) is 41.4 Å². The average molecular weight is 1520 g/mol. The molecule has 4 aliphatic heterocycles. The minimum Gasteiger partial charge on any atom is -0.343 e. The molecule has 7 fully saturated rings. The molecule has 4 heterocycles. The van der Waals surface area contributed by atoms with Gasteiger partial charge in [-0.2, -0.15) is 26.3 Å². The summed E-state index contributed by atoms with van der Waals surface area (Å²) in [6.07, 6.45) is -6.50. The van der Waals surface area contributed by atoms with Crippen LogP contribution in [0.2, 0.25) is 0 Å². The van der Waals surface area contributed by atoms with E-state index in [1.807, 2.05) is 20.8 Å². The lowest BCUT2D eigenvalue weighted by atomic mass is 9.78. The van der Waals surface area contributed by atoms with Crippen molar-refractivity contribution in [2.75, 3.05) is 74.5 Å². The first-order valence-electron chi connectivity index (χ1n) is 38.4. The third-order valence-electron chi connectivity index (χ3n) is 24.4. The second-order valence-electron chi connectivity index (χ2n) is 31.8. The molecule has 0 bridgehead atoms. The third kappa shape index (κ3) is 20.3. The third-order valence-corrected chi connectivity index (χ3v) is 24.9. The highest BCUT2D eigenvalue weighted by Crippen LogP contribution is 2.45.